The number of carbonyl (C=O) groups is 1. The first-order chi connectivity index (χ1) is 6.90. The van der Waals surface area contributed by atoms with Crippen molar-refractivity contribution < 1.29 is 22.4 Å². The molecule has 1 aromatic rings. The molecule has 7 heteroatoms. The van der Waals surface area contributed by atoms with E-state index in [2.05, 4.69) is 4.74 Å². The van der Waals surface area contributed by atoms with E-state index in [1.54, 1.807) is 6.92 Å². The third kappa shape index (κ3) is 2.37. The Kier molecular flexibility index (Phi) is 3.15. The molecule has 1 aromatic heterocycles. The zero-order valence-electron chi connectivity index (χ0n) is 8.31. The van der Waals surface area contributed by atoms with E-state index in [1.807, 2.05) is 0 Å². The van der Waals surface area contributed by atoms with Gasteiger partial charge >= 0.3 is 5.97 Å². The number of aryl methyl sites for hydroxylation is 1. The van der Waals surface area contributed by atoms with Gasteiger partial charge in [0, 0.05) is 12.5 Å². The predicted octanol–water partition coefficient (Wildman–Crippen LogP) is 0.276. The number of rotatable bonds is 3. The van der Waals surface area contributed by atoms with Crippen molar-refractivity contribution in [2.75, 3.05) is 7.11 Å². The fraction of sp³-hybridized carbons (Fsp3) is 0.375. The predicted molar refractivity (Wildman–Crippen MR) is 50.8 cm³/mol. The Balaban J connectivity index is 3.30. The van der Waals surface area contributed by atoms with Crippen LogP contribution in [0.15, 0.2) is 15.4 Å². The van der Waals surface area contributed by atoms with Gasteiger partial charge in [-0.1, -0.05) is 6.92 Å². The number of hydrogen-bond donors (Lipinski definition) is 1. The minimum atomic E-state index is -3.87. The van der Waals surface area contributed by atoms with Gasteiger partial charge in [0.1, 0.15) is 10.7 Å². The number of nitrogens with two attached hydrogens (primary N) is 1. The van der Waals surface area contributed by atoms with Gasteiger partial charge in [0.15, 0.2) is 0 Å². The molecular weight excluding hydrogens is 222 g/mol. The molecule has 0 radical (unpaired) electrons. The number of methoxy groups -OCH3 is 1. The fourth-order valence-electron chi connectivity index (χ4n) is 1.10. The maximum Gasteiger partial charge on any atom is 0.373 e. The van der Waals surface area contributed by atoms with Gasteiger partial charge in [-0.25, -0.2) is 18.4 Å². The molecule has 0 aromatic carbocycles. The van der Waals surface area contributed by atoms with E-state index < -0.39 is 16.0 Å². The van der Waals surface area contributed by atoms with E-state index in [0.29, 0.717) is 6.42 Å². The second-order valence-corrected chi connectivity index (χ2v) is 4.32. The van der Waals surface area contributed by atoms with E-state index in [9.17, 15) is 13.2 Å². The summed E-state index contributed by atoms with van der Waals surface area (Å²) in [5.41, 5.74) is 0. The molecule has 0 amide bonds. The lowest BCUT2D eigenvalue weighted by molar-refractivity contribution is 0.0563. The van der Waals surface area contributed by atoms with Crippen LogP contribution in [0.5, 0.6) is 0 Å². The standard InChI is InChI=1S/C8H11NO5S/c1-3-5-7(15(9,11)12)4-6(14-5)8(10)13-2/h4H,3H2,1-2H3,(H2,9,11,12). The Labute approximate surface area is 87.1 Å². The maximum atomic E-state index is 11.1. The Morgan fingerprint density at radius 3 is 2.53 bits per heavy atom. The third-order valence-electron chi connectivity index (χ3n) is 1.78. The number of ether oxygens (including phenoxy) is 1. The molecule has 0 bridgehead atoms. The first-order valence-corrected chi connectivity index (χ1v) is 5.68. The van der Waals surface area contributed by atoms with Gasteiger partial charge in [-0.05, 0) is 0 Å². The van der Waals surface area contributed by atoms with E-state index in [1.165, 1.54) is 7.11 Å². The van der Waals surface area contributed by atoms with E-state index in [-0.39, 0.29) is 16.4 Å². The van der Waals surface area contributed by atoms with Crippen LogP contribution in [0.3, 0.4) is 0 Å². The Morgan fingerprint density at radius 1 is 1.60 bits per heavy atom. The van der Waals surface area contributed by atoms with Crippen LogP contribution in [-0.2, 0) is 21.2 Å². The monoisotopic (exact) mass is 233 g/mol. The molecule has 0 aliphatic carbocycles. The molecular formula is C8H11NO5S. The Morgan fingerprint density at radius 2 is 2.20 bits per heavy atom. The second kappa shape index (κ2) is 4.03. The number of esters is 1. The van der Waals surface area contributed by atoms with Crippen molar-refractivity contribution in [1.29, 1.82) is 0 Å². The summed E-state index contributed by atoms with van der Waals surface area (Å²) in [5.74, 6) is -0.754. The van der Waals surface area contributed by atoms with E-state index >= 15 is 0 Å². The van der Waals surface area contributed by atoms with Crippen molar-refractivity contribution in [3.63, 3.8) is 0 Å². The zero-order chi connectivity index (χ0) is 11.6. The molecule has 0 fully saturated rings. The van der Waals surface area contributed by atoms with Gasteiger partial charge in [-0.3, -0.25) is 0 Å². The van der Waals surface area contributed by atoms with Crippen LogP contribution in [0.2, 0.25) is 0 Å². The van der Waals surface area contributed by atoms with Crippen LogP contribution >= 0.6 is 0 Å². The molecule has 0 aliphatic rings. The average molecular weight is 233 g/mol. The minimum absolute atomic E-state index is 0.151. The summed E-state index contributed by atoms with van der Waals surface area (Å²) in [6, 6.07) is 1.07. The fourth-order valence-corrected chi connectivity index (χ4v) is 1.88. The molecule has 2 N–H and O–H groups in total. The highest BCUT2D eigenvalue weighted by molar-refractivity contribution is 7.89. The first kappa shape index (κ1) is 11.7. The molecule has 0 aliphatic heterocycles. The lowest BCUT2D eigenvalue weighted by atomic mass is 10.3. The molecule has 1 heterocycles. The molecule has 0 unspecified atom stereocenters. The molecule has 1 rings (SSSR count). The molecule has 6 nitrogen and oxygen atoms in total. The SMILES string of the molecule is CCc1oc(C(=O)OC)cc1S(N)(=O)=O. The van der Waals surface area contributed by atoms with Crippen molar-refractivity contribution >= 4 is 16.0 Å². The van der Waals surface area contributed by atoms with Crippen molar-refractivity contribution in [2.45, 2.75) is 18.2 Å². The summed E-state index contributed by atoms with van der Waals surface area (Å²) in [6.45, 7) is 1.69. The van der Waals surface area contributed by atoms with Crippen molar-refractivity contribution in [3.05, 3.63) is 17.6 Å². The number of primary sulfonamides is 1. The number of furan rings is 1. The first-order valence-electron chi connectivity index (χ1n) is 4.14. The Bertz CT molecular complexity index is 473. The molecule has 15 heavy (non-hydrogen) atoms. The summed E-state index contributed by atoms with van der Waals surface area (Å²) in [4.78, 5) is 10.9. The topological polar surface area (TPSA) is 99.6 Å². The number of hydrogen-bond acceptors (Lipinski definition) is 5. The third-order valence-corrected chi connectivity index (χ3v) is 2.74. The average Bonchev–Trinajstić information content (AvgIpc) is 2.59. The second-order valence-electron chi connectivity index (χ2n) is 2.79. The molecule has 0 saturated carbocycles. The highest BCUT2D eigenvalue weighted by Crippen LogP contribution is 2.20. The maximum absolute atomic E-state index is 11.1. The summed E-state index contributed by atoms with van der Waals surface area (Å²) in [5, 5.41) is 4.95. The van der Waals surface area contributed by atoms with E-state index in [0.717, 1.165) is 6.07 Å². The van der Waals surface area contributed by atoms with Gasteiger partial charge in [0.05, 0.1) is 7.11 Å². The van der Waals surface area contributed by atoms with Crippen molar-refractivity contribution in [3.8, 4) is 0 Å². The normalized spacial score (nSPS) is 11.4. The lowest BCUT2D eigenvalue weighted by Gasteiger charge is -1.94. The van der Waals surface area contributed by atoms with Gasteiger partial charge in [0.25, 0.3) is 0 Å². The quantitative estimate of drug-likeness (QED) is 0.755. The highest BCUT2D eigenvalue weighted by atomic mass is 32.2. The smallest absolute Gasteiger partial charge is 0.373 e. The number of sulfonamides is 1. The highest BCUT2D eigenvalue weighted by Gasteiger charge is 2.22. The van der Waals surface area contributed by atoms with Gasteiger partial charge < -0.3 is 9.15 Å². The Hall–Kier alpha value is -1.34. The van der Waals surface area contributed by atoms with Crippen LogP contribution in [0.1, 0.15) is 23.2 Å². The summed E-state index contributed by atoms with van der Waals surface area (Å²) < 4.78 is 31.6. The minimum Gasteiger partial charge on any atom is -0.463 e. The molecule has 0 atom stereocenters. The van der Waals surface area contributed by atoms with Gasteiger partial charge in [0.2, 0.25) is 15.8 Å². The van der Waals surface area contributed by atoms with Crippen LogP contribution in [0.25, 0.3) is 0 Å². The van der Waals surface area contributed by atoms with Crippen molar-refractivity contribution in [2.24, 2.45) is 5.14 Å². The largest absolute Gasteiger partial charge is 0.463 e. The summed E-state index contributed by atoms with van der Waals surface area (Å²) >= 11 is 0. The molecule has 0 saturated heterocycles. The number of carbonyl (C=O) groups excluding carboxylic acids is 1. The molecule has 84 valence electrons. The van der Waals surface area contributed by atoms with Gasteiger partial charge in [-0.2, -0.15) is 0 Å². The van der Waals surface area contributed by atoms with E-state index in [4.69, 9.17) is 9.56 Å². The van der Waals surface area contributed by atoms with Gasteiger partial charge in [-0.15, -0.1) is 0 Å². The van der Waals surface area contributed by atoms with Crippen LogP contribution in [-0.4, -0.2) is 21.5 Å². The summed E-state index contributed by atoms with van der Waals surface area (Å²) in [7, 11) is -2.69. The zero-order valence-corrected chi connectivity index (χ0v) is 9.13. The van der Waals surface area contributed by atoms with Crippen LogP contribution in [0, 0.1) is 0 Å². The van der Waals surface area contributed by atoms with Crippen LogP contribution < -0.4 is 5.14 Å². The molecule has 0 spiro atoms. The summed E-state index contributed by atoms with van der Waals surface area (Å²) in [6.07, 6.45) is 0.322. The van der Waals surface area contributed by atoms with Crippen LogP contribution in [0.4, 0.5) is 0 Å². The van der Waals surface area contributed by atoms with Crippen molar-refractivity contribution in [1.82, 2.24) is 0 Å². The lowest BCUT2D eigenvalue weighted by Crippen LogP contribution is -2.12.